The fourth-order valence-corrected chi connectivity index (χ4v) is 2.48. The summed E-state index contributed by atoms with van der Waals surface area (Å²) in [6.07, 6.45) is 0.0892. The zero-order chi connectivity index (χ0) is 16.7. The largest absolute Gasteiger partial charge is 0.469 e. The lowest BCUT2D eigenvalue weighted by molar-refractivity contribution is -0.140. The summed E-state index contributed by atoms with van der Waals surface area (Å²) in [6, 6.07) is 10.2. The molecule has 0 unspecified atom stereocenters. The summed E-state index contributed by atoms with van der Waals surface area (Å²) in [5, 5.41) is 7.15. The van der Waals surface area contributed by atoms with Crippen LogP contribution in [0.25, 0.3) is 0 Å². The molecule has 1 aromatic heterocycles. The second-order valence-electron chi connectivity index (χ2n) is 4.56. The maximum Gasteiger partial charge on any atom is 0.307 e. The summed E-state index contributed by atoms with van der Waals surface area (Å²) in [4.78, 5) is 35.9. The number of carbonyl (C=O) groups is 3. The maximum absolute atomic E-state index is 12.2. The van der Waals surface area contributed by atoms with E-state index in [2.05, 4.69) is 15.4 Å². The summed E-state index contributed by atoms with van der Waals surface area (Å²) < 4.78 is 4.51. The third-order valence-electron chi connectivity index (χ3n) is 3.01. The molecule has 0 fully saturated rings. The van der Waals surface area contributed by atoms with Gasteiger partial charge in [0.1, 0.15) is 0 Å². The number of rotatable bonds is 6. The lowest BCUT2D eigenvalue weighted by Gasteiger charge is -2.10. The molecule has 2 rings (SSSR count). The highest BCUT2D eigenvalue weighted by atomic mass is 32.1. The van der Waals surface area contributed by atoms with Crippen molar-refractivity contribution < 1.29 is 19.1 Å². The van der Waals surface area contributed by atoms with Gasteiger partial charge in [0, 0.05) is 6.54 Å². The van der Waals surface area contributed by atoms with Crippen LogP contribution < -0.4 is 10.6 Å². The molecule has 2 N–H and O–H groups in total. The van der Waals surface area contributed by atoms with E-state index in [1.165, 1.54) is 18.4 Å². The Morgan fingerprint density at radius 2 is 1.87 bits per heavy atom. The molecule has 0 aliphatic heterocycles. The molecule has 0 aliphatic rings. The number of thiophene rings is 1. The number of amides is 2. The smallest absolute Gasteiger partial charge is 0.307 e. The van der Waals surface area contributed by atoms with E-state index in [1.54, 1.807) is 41.8 Å². The van der Waals surface area contributed by atoms with Gasteiger partial charge in [0.2, 0.25) is 0 Å². The highest BCUT2D eigenvalue weighted by Crippen LogP contribution is 2.17. The second kappa shape index (κ2) is 8.09. The summed E-state index contributed by atoms with van der Waals surface area (Å²) in [6.45, 7) is 0.165. The fourth-order valence-electron chi connectivity index (χ4n) is 1.86. The molecule has 7 heteroatoms. The van der Waals surface area contributed by atoms with Crippen LogP contribution in [0.3, 0.4) is 0 Å². The van der Waals surface area contributed by atoms with Crippen LogP contribution in [0.1, 0.15) is 26.5 Å². The zero-order valence-corrected chi connectivity index (χ0v) is 13.3. The van der Waals surface area contributed by atoms with E-state index < -0.39 is 5.97 Å². The summed E-state index contributed by atoms with van der Waals surface area (Å²) in [7, 11) is 1.29. The molecule has 2 aromatic rings. The fraction of sp³-hybridized carbons (Fsp3) is 0.188. The first-order valence-electron chi connectivity index (χ1n) is 6.90. The standard InChI is InChI=1S/C16H16N2O4S/c1-22-14(19)8-9-17-15(20)11-5-2-3-6-12(11)18-16(21)13-7-4-10-23-13/h2-7,10H,8-9H2,1H3,(H,17,20)(H,18,21). The first kappa shape index (κ1) is 16.7. The Bertz CT molecular complexity index is 698. The van der Waals surface area contributed by atoms with E-state index >= 15 is 0 Å². The number of ether oxygens (including phenoxy) is 1. The molecule has 0 saturated carbocycles. The number of anilines is 1. The number of nitrogens with one attached hydrogen (secondary N) is 2. The molecule has 0 spiro atoms. The first-order chi connectivity index (χ1) is 11.1. The Morgan fingerprint density at radius 1 is 1.09 bits per heavy atom. The average Bonchev–Trinajstić information content (AvgIpc) is 3.09. The Morgan fingerprint density at radius 3 is 2.57 bits per heavy atom. The molecule has 0 radical (unpaired) electrons. The Hall–Kier alpha value is -2.67. The first-order valence-corrected chi connectivity index (χ1v) is 7.78. The van der Waals surface area contributed by atoms with Crippen molar-refractivity contribution in [2.24, 2.45) is 0 Å². The van der Waals surface area contributed by atoms with Crippen LogP contribution >= 0.6 is 11.3 Å². The molecule has 23 heavy (non-hydrogen) atoms. The second-order valence-corrected chi connectivity index (χ2v) is 5.51. The third-order valence-corrected chi connectivity index (χ3v) is 3.88. The van der Waals surface area contributed by atoms with E-state index in [4.69, 9.17) is 0 Å². The Balaban J connectivity index is 2.03. The van der Waals surface area contributed by atoms with Crippen LogP contribution in [0.4, 0.5) is 5.69 Å². The monoisotopic (exact) mass is 332 g/mol. The summed E-state index contributed by atoms with van der Waals surface area (Å²) in [5.41, 5.74) is 0.753. The van der Waals surface area contributed by atoms with Crippen LogP contribution in [0, 0.1) is 0 Å². The van der Waals surface area contributed by atoms with Crippen molar-refractivity contribution in [3.63, 3.8) is 0 Å². The van der Waals surface area contributed by atoms with E-state index in [1.807, 2.05) is 0 Å². The van der Waals surface area contributed by atoms with Crippen LogP contribution in [0.5, 0.6) is 0 Å². The third kappa shape index (κ3) is 4.65. The quantitative estimate of drug-likeness (QED) is 0.795. The number of esters is 1. The maximum atomic E-state index is 12.2. The van der Waals surface area contributed by atoms with Gasteiger partial charge in [0.05, 0.1) is 29.7 Å². The lowest BCUT2D eigenvalue weighted by atomic mass is 10.1. The lowest BCUT2D eigenvalue weighted by Crippen LogP contribution is -2.27. The van der Waals surface area contributed by atoms with E-state index in [0.29, 0.717) is 16.1 Å². The van der Waals surface area contributed by atoms with Gasteiger partial charge in [-0.3, -0.25) is 14.4 Å². The normalized spacial score (nSPS) is 9.96. The molecule has 1 aromatic carbocycles. The topological polar surface area (TPSA) is 84.5 Å². The van der Waals surface area contributed by atoms with Crippen LogP contribution in [0.15, 0.2) is 41.8 Å². The minimum absolute atomic E-state index is 0.0892. The number of hydrogen-bond donors (Lipinski definition) is 2. The SMILES string of the molecule is COC(=O)CCNC(=O)c1ccccc1NC(=O)c1cccs1. The van der Waals surface area contributed by atoms with Crippen molar-refractivity contribution in [3.8, 4) is 0 Å². The van der Waals surface area contributed by atoms with Crippen LogP contribution in [-0.2, 0) is 9.53 Å². The van der Waals surface area contributed by atoms with Crippen molar-refractivity contribution in [1.29, 1.82) is 0 Å². The molecule has 0 bridgehead atoms. The van der Waals surface area contributed by atoms with Gasteiger partial charge in [-0.1, -0.05) is 18.2 Å². The highest BCUT2D eigenvalue weighted by molar-refractivity contribution is 7.12. The number of methoxy groups -OCH3 is 1. The molecule has 0 atom stereocenters. The molecule has 1 heterocycles. The molecule has 6 nitrogen and oxygen atoms in total. The average molecular weight is 332 g/mol. The number of para-hydroxylation sites is 1. The van der Waals surface area contributed by atoms with E-state index in [-0.39, 0.29) is 24.8 Å². The minimum atomic E-state index is -0.399. The van der Waals surface area contributed by atoms with Crippen molar-refractivity contribution >= 4 is 34.8 Å². The minimum Gasteiger partial charge on any atom is -0.469 e. The van der Waals surface area contributed by atoms with Crippen molar-refractivity contribution in [2.75, 3.05) is 19.0 Å². The van der Waals surface area contributed by atoms with Crippen molar-refractivity contribution in [3.05, 3.63) is 52.2 Å². The van der Waals surface area contributed by atoms with Crippen LogP contribution in [0.2, 0.25) is 0 Å². The van der Waals surface area contributed by atoms with Gasteiger partial charge in [-0.15, -0.1) is 11.3 Å². The predicted octanol–water partition coefficient (Wildman–Crippen LogP) is 2.29. The van der Waals surface area contributed by atoms with Crippen molar-refractivity contribution in [1.82, 2.24) is 5.32 Å². The summed E-state index contributed by atoms with van der Waals surface area (Å²) >= 11 is 1.32. The Kier molecular flexibility index (Phi) is 5.87. The Labute approximate surface area is 137 Å². The van der Waals surface area contributed by atoms with E-state index in [9.17, 15) is 14.4 Å². The molecule has 120 valence electrons. The summed E-state index contributed by atoms with van der Waals surface area (Å²) in [5.74, 6) is -1.03. The molecule has 2 amide bonds. The molecule has 0 aliphatic carbocycles. The highest BCUT2D eigenvalue weighted by Gasteiger charge is 2.14. The van der Waals surface area contributed by atoms with Gasteiger partial charge in [-0.05, 0) is 23.6 Å². The van der Waals surface area contributed by atoms with Gasteiger partial charge in [-0.2, -0.15) is 0 Å². The molecule has 0 saturated heterocycles. The van der Waals surface area contributed by atoms with E-state index in [0.717, 1.165) is 0 Å². The number of benzene rings is 1. The predicted molar refractivity (Wildman–Crippen MR) is 87.7 cm³/mol. The zero-order valence-electron chi connectivity index (χ0n) is 12.5. The molecular formula is C16H16N2O4S. The number of hydrogen-bond acceptors (Lipinski definition) is 5. The van der Waals surface area contributed by atoms with Gasteiger partial charge >= 0.3 is 5.97 Å². The van der Waals surface area contributed by atoms with Crippen molar-refractivity contribution in [2.45, 2.75) is 6.42 Å². The van der Waals surface area contributed by atoms with Gasteiger partial charge in [0.25, 0.3) is 11.8 Å². The van der Waals surface area contributed by atoms with Gasteiger partial charge in [0.15, 0.2) is 0 Å². The van der Waals surface area contributed by atoms with Crippen LogP contribution in [-0.4, -0.2) is 31.4 Å². The van der Waals surface area contributed by atoms with Gasteiger partial charge in [-0.25, -0.2) is 0 Å². The molecular weight excluding hydrogens is 316 g/mol. The number of carbonyl (C=O) groups excluding carboxylic acids is 3. The van der Waals surface area contributed by atoms with Gasteiger partial charge < -0.3 is 15.4 Å².